The molecule has 0 bridgehead atoms. The smallest absolute Gasteiger partial charge is 0.289 e. The van der Waals surface area contributed by atoms with Crippen LogP contribution in [0.2, 0.25) is 0 Å². The fourth-order valence-electron chi connectivity index (χ4n) is 2.65. The Balaban J connectivity index is 1.54. The number of para-hydroxylation sites is 1. The van der Waals surface area contributed by atoms with E-state index in [1.54, 1.807) is 29.6 Å². The highest BCUT2D eigenvalue weighted by molar-refractivity contribution is 7.13. The number of hydrogen-bond donors (Lipinski definition) is 2. The van der Waals surface area contributed by atoms with E-state index in [1.165, 1.54) is 11.3 Å². The largest absolute Gasteiger partial charge is 0.490 e. The average molecular weight is 420 g/mol. The summed E-state index contributed by atoms with van der Waals surface area (Å²) >= 11 is 1.38. The topological polar surface area (TPSA) is 102 Å². The quantitative estimate of drug-likeness (QED) is 0.492. The lowest BCUT2D eigenvalue weighted by atomic mass is 10.2. The summed E-state index contributed by atoms with van der Waals surface area (Å²) in [5.41, 5.74) is 5.37. The second kappa shape index (κ2) is 10.7. The van der Waals surface area contributed by atoms with Crippen molar-refractivity contribution in [3.05, 3.63) is 40.9 Å². The molecule has 1 aromatic carbocycles. The third-order valence-electron chi connectivity index (χ3n) is 4.12. The SMILES string of the molecule is CCOCCOc1ccccc1C(=O)NNC(=O)c1csc(N2CCOCC2)n1. The van der Waals surface area contributed by atoms with Crippen molar-refractivity contribution in [1.29, 1.82) is 0 Å². The van der Waals surface area contributed by atoms with Crippen molar-refractivity contribution in [2.24, 2.45) is 0 Å². The van der Waals surface area contributed by atoms with Crippen molar-refractivity contribution in [2.45, 2.75) is 6.92 Å². The van der Waals surface area contributed by atoms with E-state index in [-0.39, 0.29) is 5.69 Å². The van der Waals surface area contributed by atoms with Crippen molar-refractivity contribution in [3.8, 4) is 5.75 Å². The van der Waals surface area contributed by atoms with Crippen LogP contribution in [0.3, 0.4) is 0 Å². The van der Waals surface area contributed by atoms with Gasteiger partial charge in [0.2, 0.25) is 0 Å². The van der Waals surface area contributed by atoms with E-state index < -0.39 is 11.8 Å². The zero-order valence-electron chi connectivity index (χ0n) is 16.2. The number of nitrogens with one attached hydrogen (secondary N) is 2. The van der Waals surface area contributed by atoms with E-state index >= 15 is 0 Å². The minimum absolute atomic E-state index is 0.248. The van der Waals surface area contributed by atoms with Gasteiger partial charge in [0.15, 0.2) is 5.13 Å². The number of thiazole rings is 1. The normalized spacial score (nSPS) is 13.8. The molecule has 0 radical (unpaired) electrons. The van der Waals surface area contributed by atoms with E-state index in [9.17, 15) is 9.59 Å². The molecule has 2 N–H and O–H groups in total. The summed E-state index contributed by atoms with van der Waals surface area (Å²) in [5.74, 6) is -0.542. The van der Waals surface area contributed by atoms with E-state index in [4.69, 9.17) is 14.2 Å². The van der Waals surface area contributed by atoms with Crippen LogP contribution in [0.1, 0.15) is 27.8 Å². The van der Waals surface area contributed by atoms with E-state index in [0.717, 1.165) is 18.2 Å². The van der Waals surface area contributed by atoms with Gasteiger partial charge in [0.1, 0.15) is 18.1 Å². The number of amides is 2. The molecule has 0 atom stereocenters. The van der Waals surface area contributed by atoms with Gasteiger partial charge in [-0.05, 0) is 19.1 Å². The van der Waals surface area contributed by atoms with E-state index in [2.05, 4.69) is 20.7 Å². The summed E-state index contributed by atoms with van der Waals surface area (Å²) in [6.07, 6.45) is 0. The standard InChI is InChI=1S/C19H24N4O5S/c1-2-26-11-12-28-16-6-4-3-5-14(16)17(24)21-22-18(25)15-13-29-19(20-15)23-7-9-27-10-8-23/h3-6,13H,2,7-12H2,1H3,(H,21,24)(H,22,25). The van der Waals surface area contributed by atoms with Gasteiger partial charge in [-0.2, -0.15) is 0 Å². The number of carbonyl (C=O) groups excluding carboxylic acids is 2. The molecule has 156 valence electrons. The van der Waals surface area contributed by atoms with Crippen molar-refractivity contribution in [2.75, 3.05) is 51.0 Å². The molecule has 3 rings (SSSR count). The van der Waals surface area contributed by atoms with Crippen LogP contribution < -0.4 is 20.5 Å². The Bertz CT molecular complexity index is 822. The second-order valence-corrected chi connectivity index (χ2v) is 6.90. The fourth-order valence-corrected chi connectivity index (χ4v) is 3.51. The summed E-state index contributed by atoms with van der Waals surface area (Å²) in [6.45, 7) is 6.02. The number of benzene rings is 1. The Morgan fingerprint density at radius 2 is 1.93 bits per heavy atom. The molecule has 1 saturated heterocycles. The summed E-state index contributed by atoms with van der Waals surface area (Å²) in [7, 11) is 0. The number of nitrogens with zero attached hydrogens (tertiary/aromatic N) is 2. The van der Waals surface area contributed by atoms with Crippen LogP contribution in [0, 0.1) is 0 Å². The minimum Gasteiger partial charge on any atom is -0.490 e. The Morgan fingerprint density at radius 3 is 2.72 bits per heavy atom. The number of rotatable bonds is 8. The van der Waals surface area contributed by atoms with E-state index in [0.29, 0.717) is 44.3 Å². The van der Waals surface area contributed by atoms with Crippen molar-refractivity contribution >= 4 is 28.3 Å². The zero-order chi connectivity index (χ0) is 20.5. The van der Waals surface area contributed by atoms with Gasteiger partial charge in [0, 0.05) is 25.1 Å². The predicted molar refractivity (Wildman–Crippen MR) is 109 cm³/mol. The summed E-state index contributed by atoms with van der Waals surface area (Å²) in [6, 6.07) is 6.81. The van der Waals surface area contributed by atoms with Crippen LogP contribution in [0.15, 0.2) is 29.6 Å². The molecule has 2 amide bonds. The molecular weight excluding hydrogens is 396 g/mol. The predicted octanol–water partition coefficient (Wildman–Crippen LogP) is 1.47. The molecule has 1 aromatic heterocycles. The maximum Gasteiger partial charge on any atom is 0.289 e. The van der Waals surface area contributed by atoms with Crippen molar-refractivity contribution < 1.29 is 23.8 Å². The van der Waals surface area contributed by atoms with Gasteiger partial charge in [-0.15, -0.1) is 11.3 Å². The number of morpholine rings is 1. The first-order chi connectivity index (χ1) is 14.2. The molecular formula is C19H24N4O5S. The number of hydrogen-bond acceptors (Lipinski definition) is 8. The molecule has 29 heavy (non-hydrogen) atoms. The molecule has 1 fully saturated rings. The Hall–Kier alpha value is -2.69. The number of anilines is 1. The molecule has 0 aliphatic carbocycles. The first-order valence-corrected chi connectivity index (χ1v) is 10.3. The molecule has 10 heteroatoms. The highest BCUT2D eigenvalue weighted by Gasteiger charge is 2.18. The van der Waals surface area contributed by atoms with Crippen LogP contribution in [-0.4, -0.2) is 62.9 Å². The maximum atomic E-state index is 12.5. The summed E-state index contributed by atoms with van der Waals surface area (Å²) in [4.78, 5) is 31.2. The zero-order valence-corrected chi connectivity index (χ0v) is 17.0. The highest BCUT2D eigenvalue weighted by atomic mass is 32.1. The fraction of sp³-hybridized carbons (Fsp3) is 0.421. The molecule has 1 aliphatic rings. The van der Waals surface area contributed by atoms with Gasteiger partial charge in [0.25, 0.3) is 11.8 Å². The molecule has 9 nitrogen and oxygen atoms in total. The molecule has 0 spiro atoms. The lowest BCUT2D eigenvalue weighted by molar-refractivity contribution is 0.0838. The van der Waals surface area contributed by atoms with Gasteiger partial charge in [-0.25, -0.2) is 4.98 Å². The third-order valence-corrected chi connectivity index (χ3v) is 5.02. The van der Waals surface area contributed by atoms with Crippen LogP contribution in [0.25, 0.3) is 0 Å². The van der Waals surface area contributed by atoms with Gasteiger partial charge < -0.3 is 19.1 Å². The molecule has 0 saturated carbocycles. The van der Waals surface area contributed by atoms with Crippen molar-refractivity contribution in [1.82, 2.24) is 15.8 Å². The first-order valence-electron chi connectivity index (χ1n) is 9.37. The average Bonchev–Trinajstić information content (AvgIpc) is 3.26. The summed E-state index contributed by atoms with van der Waals surface area (Å²) in [5, 5.41) is 2.43. The number of ether oxygens (including phenoxy) is 3. The van der Waals surface area contributed by atoms with Crippen LogP contribution >= 0.6 is 11.3 Å². The lowest BCUT2D eigenvalue weighted by Gasteiger charge is -2.25. The van der Waals surface area contributed by atoms with Crippen LogP contribution in [0.4, 0.5) is 5.13 Å². The Kier molecular flexibility index (Phi) is 7.79. The number of aromatic nitrogens is 1. The lowest BCUT2D eigenvalue weighted by Crippen LogP contribution is -2.42. The number of carbonyl (C=O) groups is 2. The maximum absolute atomic E-state index is 12.5. The highest BCUT2D eigenvalue weighted by Crippen LogP contribution is 2.21. The molecule has 2 aromatic rings. The Labute approximate surface area is 172 Å². The second-order valence-electron chi connectivity index (χ2n) is 6.06. The Morgan fingerprint density at radius 1 is 1.17 bits per heavy atom. The minimum atomic E-state index is -0.483. The molecule has 0 unspecified atom stereocenters. The number of hydrazine groups is 1. The van der Waals surface area contributed by atoms with Gasteiger partial charge in [-0.1, -0.05) is 12.1 Å². The van der Waals surface area contributed by atoms with Gasteiger partial charge in [0.05, 0.1) is 25.4 Å². The first kappa shape index (κ1) is 21.0. The van der Waals surface area contributed by atoms with Crippen LogP contribution in [-0.2, 0) is 9.47 Å². The van der Waals surface area contributed by atoms with Crippen LogP contribution in [0.5, 0.6) is 5.75 Å². The monoisotopic (exact) mass is 420 g/mol. The third kappa shape index (κ3) is 5.89. The van der Waals surface area contributed by atoms with E-state index in [1.807, 2.05) is 6.92 Å². The summed E-state index contributed by atoms with van der Waals surface area (Å²) < 4.78 is 16.1. The molecule has 1 aliphatic heterocycles. The van der Waals surface area contributed by atoms with Gasteiger partial charge >= 0.3 is 0 Å². The molecule has 2 heterocycles. The van der Waals surface area contributed by atoms with Gasteiger partial charge in [-0.3, -0.25) is 20.4 Å². The van der Waals surface area contributed by atoms with Crippen molar-refractivity contribution in [3.63, 3.8) is 0 Å².